The summed E-state index contributed by atoms with van der Waals surface area (Å²) in [5.74, 6) is 2.55. The van der Waals surface area contributed by atoms with E-state index >= 15 is 0 Å². The van der Waals surface area contributed by atoms with Gasteiger partial charge in [0.1, 0.15) is 22.7 Å². The van der Waals surface area contributed by atoms with Gasteiger partial charge in [0.2, 0.25) is 11.8 Å². The van der Waals surface area contributed by atoms with Gasteiger partial charge in [0.25, 0.3) is 0 Å². The maximum atomic E-state index is 12.6. The van der Waals surface area contributed by atoms with Crippen LogP contribution >= 0.6 is 0 Å². The van der Waals surface area contributed by atoms with Crippen LogP contribution in [0.2, 0.25) is 0 Å². The highest BCUT2D eigenvalue weighted by Gasteiger charge is 2.17. The zero-order valence-corrected chi connectivity index (χ0v) is 31.5. The van der Waals surface area contributed by atoms with Crippen molar-refractivity contribution in [3.8, 4) is 0 Å². The minimum Gasteiger partial charge on any atom is -0.382 e. The number of hydrogen-bond donors (Lipinski definition) is 4. The number of nitrogen functional groups attached to an aromatic ring is 2. The molecule has 0 bridgehead atoms. The van der Waals surface area contributed by atoms with E-state index in [9.17, 15) is 9.59 Å². The number of anilines is 2. The van der Waals surface area contributed by atoms with Crippen molar-refractivity contribution in [2.45, 2.75) is 65.7 Å². The number of carbonyl (C=O) groups is 2. The number of rotatable bonds is 13. The van der Waals surface area contributed by atoms with Gasteiger partial charge in [0.15, 0.2) is 11.6 Å². The lowest BCUT2D eigenvalue weighted by atomic mass is 10.1. The minimum atomic E-state index is -0.0274. The zero-order chi connectivity index (χ0) is 38.8. The molecule has 0 saturated heterocycles. The van der Waals surface area contributed by atoms with Crippen molar-refractivity contribution in [3.05, 3.63) is 131 Å². The molecule has 56 heavy (non-hydrogen) atoms. The molecule has 0 aliphatic heterocycles. The first-order valence-corrected chi connectivity index (χ1v) is 18.9. The molecule has 0 saturated carbocycles. The number of aromatic nitrogens is 6. The summed E-state index contributed by atoms with van der Waals surface area (Å²) in [4.78, 5) is 43.6. The topological polar surface area (TPSA) is 172 Å². The average Bonchev–Trinajstić information content (AvgIpc) is 3.72. The highest BCUT2D eigenvalue weighted by molar-refractivity contribution is 6.07. The summed E-state index contributed by atoms with van der Waals surface area (Å²) < 4.78 is 4.35. The van der Waals surface area contributed by atoms with E-state index in [1.807, 2.05) is 86.6 Å². The molecular formula is C44H44N10O2. The molecular weight excluding hydrogens is 701 g/mol. The summed E-state index contributed by atoms with van der Waals surface area (Å²) in [7, 11) is 0. The van der Waals surface area contributed by atoms with Crippen LogP contribution in [-0.2, 0) is 35.8 Å². The normalized spacial score (nSPS) is 11.5. The number of nitrogens with two attached hydrogens (primary N) is 2. The molecule has 0 fully saturated rings. The number of fused-ring (bicyclic) bond motifs is 6. The van der Waals surface area contributed by atoms with Gasteiger partial charge in [-0.1, -0.05) is 84.9 Å². The van der Waals surface area contributed by atoms with Gasteiger partial charge in [-0.3, -0.25) is 9.59 Å². The van der Waals surface area contributed by atoms with Crippen molar-refractivity contribution in [1.82, 2.24) is 39.7 Å². The summed E-state index contributed by atoms with van der Waals surface area (Å²) in [6, 6.07) is 32.4. The van der Waals surface area contributed by atoms with Gasteiger partial charge in [-0.15, -0.1) is 0 Å². The predicted molar refractivity (Wildman–Crippen MR) is 222 cm³/mol. The number of amides is 2. The first-order chi connectivity index (χ1) is 27.2. The van der Waals surface area contributed by atoms with Gasteiger partial charge in [-0.05, 0) is 61.1 Å². The lowest BCUT2D eigenvalue weighted by Gasteiger charge is -2.11. The van der Waals surface area contributed by atoms with Crippen molar-refractivity contribution >= 4 is 67.3 Å². The maximum absolute atomic E-state index is 12.6. The second-order valence-electron chi connectivity index (χ2n) is 14.3. The van der Waals surface area contributed by atoms with E-state index < -0.39 is 0 Å². The predicted octanol–water partition coefficient (Wildman–Crippen LogP) is 6.85. The summed E-state index contributed by atoms with van der Waals surface area (Å²) in [5, 5.41) is 8.06. The Kier molecular flexibility index (Phi) is 10.0. The molecule has 0 aliphatic carbocycles. The third-order valence-corrected chi connectivity index (χ3v) is 10.4. The number of nitrogens with zero attached hydrogens (tertiary/aromatic N) is 6. The highest BCUT2D eigenvalue weighted by atomic mass is 16.2. The number of hydrogen-bond acceptors (Lipinski definition) is 8. The van der Waals surface area contributed by atoms with Crippen LogP contribution in [-0.4, -0.2) is 40.9 Å². The fourth-order valence-corrected chi connectivity index (χ4v) is 7.37. The van der Waals surface area contributed by atoms with Gasteiger partial charge >= 0.3 is 0 Å². The smallest absolute Gasteiger partial charge is 0.220 e. The molecule has 6 N–H and O–H groups in total. The Balaban J connectivity index is 0.764. The van der Waals surface area contributed by atoms with E-state index in [4.69, 9.17) is 21.4 Å². The van der Waals surface area contributed by atoms with Gasteiger partial charge in [0, 0.05) is 49.8 Å². The number of benzene rings is 4. The van der Waals surface area contributed by atoms with E-state index in [1.165, 1.54) is 0 Å². The largest absolute Gasteiger partial charge is 0.382 e. The third-order valence-electron chi connectivity index (χ3n) is 10.4. The van der Waals surface area contributed by atoms with Gasteiger partial charge < -0.3 is 31.2 Å². The lowest BCUT2D eigenvalue weighted by Crippen LogP contribution is -2.23. The Morgan fingerprint density at radius 1 is 0.536 bits per heavy atom. The van der Waals surface area contributed by atoms with Gasteiger partial charge in [0.05, 0.1) is 22.1 Å². The number of aryl methyl sites for hydroxylation is 2. The molecule has 2 amide bonds. The second kappa shape index (κ2) is 15.5. The van der Waals surface area contributed by atoms with Crippen LogP contribution in [0, 0.1) is 13.8 Å². The Morgan fingerprint density at radius 3 is 1.32 bits per heavy atom. The van der Waals surface area contributed by atoms with Crippen LogP contribution in [0.3, 0.4) is 0 Å². The molecule has 0 radical (unpaired) electrons. The number of pyridine rings is 2. The van der Waals surface area contributed by atoms with Crippen molar-refractivity contribution in [2.24, 2.45) is 0 Å². The number of para-hydroxylation sites is 2. The zero-order valence-electron chi connectivity index (χ0n) is 31.5. The lowest BCUT2D eigenvalue weighted by molar-refractivity contribution is -0.123. The van der Waals surface area contributed by atoms with Crippen LogP contribution in [0.25, 0.3) is 43.9 Å². The second-order valence-corrected chi connectivity index (χ2v) is 14.3. The summed E-state index contributed by atoms with van der Waals surface area (Å²) in [6.45, 7) is 6.13. The highest BCUT2D eigenvalue weighted by Crippen LogP contribution is 2.30. The molecule has 12 heteroatoms. The number of nitrogens with one attached hydrogen (secondary N) is 2. The van der Waals surface area contributed by atoms with Crippen LogP contribution in [0.15, 0.2) is 97.1 Å². The minimum absolute atomic E-state index is 0.0274. The van der Waals surface area contributed by atoms with Crippen LogP contribution in [0.5, 0.6) is 0 Å². The van der Waals surface area contributed by atoms with Crippen LogP contribution in [0.1, 0.15) is 59.6 Å². The molecule has 0 unspecified atom stereocenters. The summed E-state index contributed by atoms with van der Waals surface area (Å²) in [5.41, 5.74) is 21.9. The molecule has 0 aliphatic rings. The molecule has 8 rings (SSSR count). The first-order valence-electron chi connectivity index (χ1n) is 18.9. The molecule has 282 valence electrons. The van der Waals surface area contributed by atoms with Gasteiger partial charge in [-0.2, -0.15) is 0 Å². The van der Waals surface area contributed by atoms with E-state index in [1.54, 1.807) is 0 Å². The maximum Gasteiger partial charge on any atom is 0.220 e. The average molecular weight is 745 g/mol. The Bertz CT molecular complexity index is 2540. The molecule has 0 spiro atoms. The molecule has 4 heterocycles. The van der Waals surface area contributed by atoms with E-state index in [-0.39, 0.29) is 11.8 Å². The molecule has 4 aromatic heterocycles. The molecule has 12 nitrogen and oxygen atoms in total. The molecule has 0 atom stereocenters. The van der Waals surface area contributed by atoms with Crippen molar-refractivity contribution in [1.29, 1.82) is 0 Å². The van der Waals surface area contributed by atoms with Gasteiger partial charge in [-0.25, -0.2) is 19.9 Å². The fraction of sp³-hybridized carbons (Fsp3) is 0.227. The monoisotopic (exact) mass is 744 g/mol. The van der Waals surface area contributed by atoms with Crippen molar-refractivity contribution in [2.75, 3.05) is 11.5 Å². The fourth-order valence-electron chi connectivity index (χ4n) is 7.37. The third kappa shape index (κ3) is 7.45. The molecule has 4 aromatic carbocycles. The Morgan fingerprint density at radius 2 is 0.911 bits per heavy atom. The van der Waals surface area contributed by atoms with Crippen molar-refractivity contribution < 1.29 is 9.59 Å². The van der Waals surface area contributed by atoms with Crippen molar-refractivity contribution in [3.63, 3.8) is 0 Å². The van der Waals surface area contributed by atoms with Crippen LogP contribution in [0.4, 0.5) is 11.6 Å². The number of unbranched alkanes of at least 4 members (excludes halogenated alkanes) is 1. The SMILES string of the molecule is Cc1nc2c(N)nc3ccccc3c2n1Cc1ccc(CNC(=O)CCCCC(=O)NCc2ccc(Cn3c(C)nc4c(N)nc5ccccc5c43)cc2)cc1. The van der Waals surface area contributed by atoms with E-state index in [2.05, 4.69) is 54.0 Å². The van der Waals surface area contributed by atoms with Crippen LogP contribution < -0.4 is 22.1 Å². The standard InChI is InChI=1S/C44H44N10O2/c1-27-49-39-41(33-9-3-5-11-35(33)51-43(39)45)53(27)25-31-19-15-29(16-20-31)23-47-37(55)13-7-8-14-38(56)48-24-30-17-21-32(22-18-30)26-54-28(2)50-40-42(54)34-10-4-6-12-36(34)52-44(40)46/h3-6,9-12,15-22H,7-8,13-14,23-26H2,1-2H3,(H2,45,51)(H2,46,52)(H,47,55)(H,48,56). The van der Waals surface area contributed by atoms with E-state index in [0.717, 1.165) is 66.7 Å². The summed E-state index contributed by atoms with van der Waals surface area (Å²) >= 11 is 0. The number of carbonyl (C=O) groups excluding carboxylic acids is 2. The number of imidazole rings is 2. The quantitative estimate of drug-likeness (QED) is 0.0929. The summed E-state index contributed by atoms with van der Waals surface area (Å²) in [6.07, 6.45) is 2.02. The first kappa shape index (κ1) is 36.2. The van der Waals surface area contributed by atoms with E-state index in [0.29, 0.717) is 74.5 Å². The Labute approximate surface area is 324 Å². The Hall–Kier alpha value is -6.82. The molecule has 8 aromatic rings.